The molecule has 0 aliphatic carbocycles. The van der Waals surface area contributed by atoms with Crippen LogP contribution in [0.15, 0.2) is 36.4 Å². The van der Waals surface area contributed by atoms with Crippen molar-refractivity contribution in [3.63, 3.8) is 0 Å². The lowest BCUT2D eigenvalue weighted by Gasteiger charge is -2.02. The van der Waals surface area contributed by atoms with Gasteiger partial charge in [0.2, 0.25) is 0 Å². The molecule has 0 bridgehead atoms. The van der Waals surface area contributed by atoms with Crippen molar-refractivity contribution in [2.24, 2.45) is 0 Å². The minimum absolute atomic E-state index is 0.105. The van der Waals surface area contributed by atoms with Crippen LogP contribution in [0.2, 0.25) is 0 Å². The summed E-state index contributed by atoms with van der Waals surface area (Å²) in [6.45, 7) is 5.34. The molecule has 0 aliphatic heterocycles. The number of aliphatic carboxylic acids is 1. The number of carbonyl (C=O) groups excluding carboxylic acids is 1. The number of carboxylic acids is 1. The molecule has 0 saturated carbocycles. The molecule has 1 aromatic carbocycles. The predicted octanol–water partition coefficient (Wildman–Crippen LogP) is 2.21. The van der Waals surface area contributed by atoms with E-state index in [1.54, 1.807) is 18.2 Å². The molecule has 0 aliphatic rings. The number of aryl methyl sites for hydroxylation is 1. The summed E-state index contributed by atoms with van der Waals surface area (Å²) >= 11 is 0. The second kappa shape index (κ2) is 4.55. The van der Waals surface area contributed by atoms with E-state index < -0.39 is 5.97 Å². The van der Waals surface area contributed by atoms with Crippen molar-refractivity contribution in [3.8, 4) is 0 Å². The first kappa shape index (κ1) is 11.2. The third kappa shape index (κ3) is 3.06. The van der Waals surface area contributed by atoms with E-state index in [4.69, 9.17) is 5.11 Å². The Hall–Kier alpha value is -1.90. The van der Waals surface area contributed by atoms with Crippen LogP contribution in [0.3, 0.4) is 0 Å². The van der Waals surface area contributed by atoms with Crippen molar-refractivity contribution in [2.75, 3.05) is 0 Å². The average Bonchev–Trinajstić information content (AvgIpc) is 2.15. The zero-order valence-corrected chi connectivity index (χ0v) is 8.49. The minimum atomic E-state index is -1.04. The van der Waals surface area contributed by atoms with Gasteiger partial charge >= 0.3 is 5.97 Å². The van der Waals surface area contributed by atoms with Crippen molar-refractivity contribution in [2.45, 2.75) is 13.3 Å². The summed E-state index contributed by atoms with van der Waals surface area (Å²) in [4.78, 5) is 22.1. The smallest absolute Gasteiger partial charge is 0.307 e. The van der Waals surface area contributed by atoms with Gasteiger partial charge in [-0.25, -0.2) is 0 Å². The monoisotopic (exact) mass is 204 g/mol. The van der Waals surface area contributed by atoms with E-state index in [0.29, 0.717) is 5.56 Å². The molecule has 3 heteroatoms. The summed E-state index contributed by atoms with van der Waals surface area (Å²) in [7, 11) is 0. The number of carboxylic acid groups (broad SMARTS) is 1. The molecule has 3 nitrogen and oxygen atoms in total. The summed E-state index contributed by atoms with van der Waals surface area (Å²) in [5.74, 6) is -1.35. The molecular weight excluding hydrogens is 192 g/mol. The largest absolute Gasteiger partial charge is 0.481 e. The fraction of sp³-hybridized carbons (Fsp3) is 0.167. The molecule has 0 saturated heterocycles. The Labute approximate surface area is 88.0 Å². The van der Waals surface area contributed by atoms with E-state index in [2.05, 4.69) is 6.58 Å². The van der Waals surface area contributed by atoms with Crippen molar-refractivity contribution >= 4 is 11.8 Å². The van der Waals surface area contributed by atoms with Crippen LogP contribution in [-0.4, -0.2) is 16.9 Å². The van der Waals surface area contributed by atoms with Crippen LogP contribution in [0.25, 0.3) is 0 Å². The van der Waals surface area contributed by atoms with Crippen LogP contribution < -0.4 is 0 Å². The van der Waals surface area contributed by atoms with Crippen LogP contribution in [0.5, 0.6) is 0 Å². The van der Waals surface area contributed by atoms with Crippen molar-refractivity contribution in [1.29, 1.82) is 0 Å². The van der Waals surface area contributed by atoms with Crippen molar-refractivity contribution in [3.05, 3.63) is 47.5 Å². The zero-order chi connectivity index (χ0) is 11.4. The van der Waals surface area contributed by atoms with Gasteiger partial charge in [-0.2, -0.15) is 0 Å². The molecular formula is C12H12O3. The van der Waals surface area contributed by atoms with Gasteiger partial charge in [0.05, 0.1) is 6.42 Å². The molecule has 1 aromatic rings. The van der Waals surface area contributed by atoms with Gasteiger partial charge in [-0.3, -0.25) is 9.59 Å². The van der Waals surface area contributed by atoms with Crippen LogP contribution in [-0.2, 0) is 4.79 Å². The Morgan fingerprint density at radius 2 is 2.07 bits per heavy atom. The first-order valence-corrected chi connectivity index (χ1v) is 4.51. The Bertz CT molecular complexity index is 419. The average molecular weight is 204 g/mol. The number of rotatable bonds is 4. The number of ketones is 1. The molecule has 0 unspecified atom stereocenters. The van der Waals surface area contributed by atoms with Gasteiger partial charge in [0, 0.05) is 11.1 Å². The SMILES string of the molecule is C=C(CC(=O)O)C(=O)c1cccc(C)c1. The number of benzene rings is 1. The summed E-state index contributed by atoms with van der Waals surface area (Å²) in [6, 6.07) is 7.01. The Morgan fingerprint density at radius 3 is 2.60 bits per heavy atom. The summed E-state index contributed by atoms with van der Waals surface area (Å²) in [5.41, 5.74) is 1.55. The van der Waals surface area contributed by atoms with Crippen LogP contribution in [0.1, 0.15) is 22.3 Å². The van der Waals surface area contributed by atoms with Crippen molar-refractivity contribution in [1.82, 2.24) is 0 Å². The zero-order valence-electron chi connectivity index (χ0n) is 8.49. The number of hydrogen-bond acceptors (Lipinski definition) is 2. The van der Waals surface area contributed by atoms with Crippen LogP contribution >= 0.6 is 0 Å². The second-order valence-corrected chi connectivity index (χ2v) is 3.37. The summed E-state index contributed by atoms with van der Waals surface area (Å²) in [6.07, 6.45) is -0.313. The highest BCUT2D eigenvalue weighted by molar-refractivity contribution is 6.10. The first-order chi connectivity index (χ1) is 7.00. The lowest BCUT2D eigenvalue weighted by atomic mass is 10.0. The Morgan fingerprint density at radius 1 is 1.40 bits per heavy atom. The normalized spacial score (nSPS) is 9.67. The maximum atomic E-state index is 11.7. The van der Waals surface area contributed by atoms with Gasteiger partial charge < -0.3 is 5.11 Å². The molecule has 0 heterocycles. The van der Waals surface area contributed by atoms with E-state index in [1.165, 1.54) is 0 Å². The second-order valence-electron chi connectivity index (χ2n) is 3.37. The maximum absolute atomic E-state index is 11.7. The fourth-order valence-corrected chi connectivity index (χ4v) is 1.25. The molecule has 0 amide bonds. The van der Waals surface area contributed by atoms with E-state index in [-0.39, 0.29) is 17.8 Å². The molecule has 15 heavy (non-hydrogen) atoms. The maximum Gasteiger partial charge on any atom is 0.307 e. The van der Waals surface area contributed by atoms with E-state index in [1.807, 2.05) is 13.0 Å². The number of carbonyl (C=O) groups is 2. The van der Waals surface area contributed by atoms with Gasteiger partial charge in [0.15, 0.2) is 5.78 Å². The summed E-state index contributed by atoms with van der Waals surface area (Å²) in [5, 5.41) is 8.52. The van der Waals surface area contributed by atoms with E-state index in [9.17, 15) is 9.59 Å². The highest BCUT2D eigenvalue weighted by Crippen LogP contribution is 2.11. The Balaban J connectivity index is 2.85. The predicted molar refractivity (Wildman–Crippen MR) is 56.9 cm³/mol. The molecule has 0 radical (unpaired) electrons. The third-order valence-electron chi connectivity index (χ3n) is 1.97. The van der Waals surface area contributed by atoms with E-state index in [0.717, 1.165) is 5.56 Å². The van der Waals surface area contributed by atoms with Gasteiger partial charge in [0.25, 0.3) is 0 Å². The number of Topliss-reactive ketones (excluding diaryl/α,β-unsaturated/α-hetero) is 1. The van der Waals surface area contributed by atoms with Gasteiger partial charge in [-0.05, 0) is 13.0 Å². The summed E-state index contributed by atoms with van der Waals surface area (Å²) < 4.78 is 0. The Kier molecular flexibility index (Phi) is 3.39. The fourth-order valence-electron chi connectivity index (χ4n) is 1.25. The molecule has 1 rings (SSSR count). The standard InChI is InChI=1S/C12H12O3/c1-8-4-3-5-10(6-8)12(15)9(2)7-11(13)14/h3-6H,2,7H2,1H3,(H,13,14). The first-order valence-electron chi connectivity index (χ1n) is 4.51. The molecule has 0 fully saturated rings. The molecule has 78 valence electrons. The minimum Gasteiger partial charge on any atom is -0.481 e. The van der Waals surface area contributed by atoms with E-state index >= 15 is 0 Å². The topological polar surface area (TPSA) is 54.4 Å². The molecule has 0 aromatic heterocycles. The lowest BCUT2D eigenvalue weighted by molar-refractivity contribution is -0.136. The number of hydrogen-bond donors (Lipinski definition) is 1. The van der Waals surface area contributed by atoms with Crippen LogP contribution in [0.4, 0.5) is 0 Å². The van der Waals surface area contributed by atoms with Gasteiger partial charge in [-0.1, -0.05) is 30.3 Å². The van der Waals surface area contributed by atoms with Crippen LogP contribution in [0, 0.1) is 6.92 Å². The lowest BCUT2D eigenvalue weighted by Crippen LogP contribution is -2.07. The molecule has 0 atom stereocenters. The van der Waals surface area contributed by atoms with Gasteiger partial charge in [0.1, 0.15) is 0 Å². The van der Waals surface area contributed by atoms with Gasteiger partial charge in [-0.15, -0.1) is 0 Å². The third-order valence-corrected chi connectivity index (χ3v) is 1.97. The molecule has 0 spiro atoms. The highest BCUT2D eigenvalue weighted by atomic mass is 16.4. The highest BCUT2D eigenvalue weighted by Gasteiger charge is 2.12. The molecule has 1 N–H and O–H groups in total. The van der Waals surface area contributed by atoms with Crippen molar-refractivity contribution < 1.29 is 14.7 Å². The quantitative estimate of drug-likeness (QED) is 0.604.